The van der Waals surface area contributed by atoms with Gasteiger partial charge in [-0.2, -0.15) is 14.6 Å². The zero-order valence-corrected chi connectivity index (χ0v) is 17.2. The van der Waals surface area contributed by atoms with Crippen molar-refractivity contribution in [2.75, 3.05) is 13.1 Å². The van der Waals surface area contributed by atoms with E-state index in [0.717, 1.165) is 30.5 Å². The summed E-state index contributed by atoms with van der Waals surface area (Å²) in [5.74, 6) is 0.901. The summed E-state index contributed by atoms with van der Waals surface area (Å²) < 4.78 is 8.35. The molecule has 2 N–H and O–H groups in total. The highest BCUT2D eigenvalue weighted by Crippen LogP contribution is 2.33. The maximum atomic E-state index is 12.5. The SMILES string of the molecule is CCNC(=O)c1cc(O[C@@H](c2ccnc3ncnn23)C2CCCN2)c2ccccc2n1. The van der Waals surface area contributed by atoms with E-state index in [2.05, 4.69) is 30.7 Å². The molecule has 4 heterocycles. The average Bonchev–Trinajstić information content (AvgIpc) is 3.49. The number of carbonyl (C=O) groups is 1. The first-order valence-electron chi connectivity index (χ1n) is 10.5. The van der Waals surface area contributed by atoms with Crippen molar-refractivity contribution in [3.8, 4) is 5.75 Å². The molecule has 1 unspecified atom stereocenters. The fourth-order valence-corrected chi connectivity index (χ4v) is 4.04. The van der Waals surface area contributed by atoms with Crippen LogP contribution in [-0.4, -0.2) is 49.6 Å². The van der Waals surface area contributed by atoms with Crippen LogP contribution in [0.3, 0.4) is 0 Å². The van der Waals surface area contributed by atoms with Crippen LogP contribution in [0.1, 0.15) is 42.1 Å². The number of aromatic nitrogens is 5. The zero-order chi connectivity index (χ0) is 21.2. The Morgan fingerprint density at radius 2 is 2.23 bits per heavy atom. The number of carbonyl (C=O) groups excluding carboxylic acids is 1. The predicted molar refractivity (Wildman–Crippen MR) is 115 cm³/mol. The zero-order valence-electron chi connectivity index (χ0n) is 17.2. The van der Waals surface area contributed by atoms with E-state index in [-0.39, 0.29) is 18.1 Å². The molecule has 0 aliphatic carbocycles. The molecule has 1 saturated heterocycles. The number of para-hydroxylation sites is 1. The Kier molecular flexibility index (Phi) is 5.17. The maximum Gasteiger partial charge on any atom is 0.270 e. The molecule has 4 aromatic rings. The van der Waals surface area contributed by atoms with Gasteiger partial charge in [0.05, 0.1) is 11.2 Å². The van der Waals surface area contributed by atoms with Gasteiger partial charge in [0.25, 0.3) is 11.7 Å². The molecule has 0 radical (unpaired) electrons. The monoisotopic (exact) mass is 417 g/mol. The van der Waals surface area contributed by atoms with Crippen LogP contribution in [0.4, 0.5) is 0 Å². The standard InChI is InChI=1S/C22H23N7O2/c1-2-23-21(30)17-12-19(14-6-3-4-7-15(14)28-17)31-20(16-8-5-10-24-16)18-9-11-25-22-26-13-27-29(18)22/h3-4,6-7,9,11-13,16,20,24H,2,5,8,10H2,1H3,(H,23,30)/t16?,20-/m1/s1. The lowest BCUT2D eigenvalue weighted by Crippen LogP contribution is -2.34. The smallest absolute Gasteiger partial charge is 0.270 e. The number of benzene rings is 1. The van der Waals surface area contributed by atoms with E-state index in [0.29, 0.717) is 29.3 Å². The third-order valence-electron chi connectivity index (χ3n) is 5.47. The minimum absolute atomic E-state index is 0.0923. The van der Waals surface area contributed by atoms with E-state index >= 15 is 0 Å². The van der Waals surface area contributed by atoms with E-state index in [4.69, 9.17) is 4.74 Å². The van der Waals surface area contributed by atoms with Gasteiger partial charge in [-0.3, -0.25) is 4.79 Å². The molecule has 1 amide bonds. The summed E-state index contributed by atoms with van der Waals surface area (Å²) in [6, 6.07) is 11.4. The van der Waals surface area contributed by atoms with Crippen molar-refractivity contribution in [3.63, 3.8) is 0 Å². The molecule has 1 aliphatic heterocycles. The van der Waals surface area contributed by atoms with Crippen molar-refractivity contribution >= 4 is 22.6 Å². The summed E-state index contributed by atoms with van der Waals surface area (Å²) in [7, 11) is 0. The average molecular weight is 417 g/mol. The summed E-state index contributed by atoms with van der Waals surface area (Å²) in [4.78, 5) is 25.5. The number of pyridine rings is 1. The van der Waals surface area contributed by atoms with Gasteiger partial charge in [-0.1, -0.05) is 12.1 Å². The van der Waals surface area contributed by atoms with Crippen LogP contribution in [-0.2, 0) is 0 Å². The Hall–Kier alpha value is -3.59. The lowest BCUT2D eigenvalue weighted by Gasteiger charge is -2.26. The third-order valence-corrected chi connectivity index (χ3v) is 5.47. The topological polar surface area (TPSA) is 106 Å². The van der Waals surface area contributed by atoms with Crippen LogP contribution in [0, 0.1) is 0 Å². The lowest BCUT2D eigenvalue weighted by atomic mass is 10.1. The molecule has 0 bridgehead atoms. The molecule has 1 fully saturated rings. The van der Waals surface area contributed by atoms with Gasteiger partial charge < -0.3 is 15.4 Å². The minimum Gasteiger partial charge on any atom is -0.482 e. The third kappa shape index (κ3) is 3.68. The number of fused-ring (bicyclic) bond motifs is 2. The lowest BCUT2D eigenvalue weighted by molar-refractivity contribution is 0.0950. The highest BCUT2D eigenvalue weighted by atomic mass is 16.5. The van der Waals surface area contributed by atoms with Crippen LogP contribution in [0.25, 0.3) is 16.7 Å². The number of rotatable bonds is 6. The minimum atomic E-state index is -0.345. The van der Waals surface area contributed by atoms with E-state index in [1.54, 1.807) is 16.8 Å². The first kappa shape index (κ1) is 19.4. The van der Waals surface area contributed by atoms with Gasteiger partial charge in [-0.25, -0.2) is 9.97 Å². The molecule has 9 heteroatoms. The number of nitrogens with one attached hydrogen (secondary N) is 2. The van der Waals surface area contributed by atoms with Gasteiger partial charge in [-0.05, 0) is 44.5 Å². The van der Waals surface area contributed by atoms with Crippen LogP contribution in [0.15, 0.2) is 48.9 Å². The quantitative estimate of drug-likeness (QED) is 0.496. The molecule has 0 spiro atoms. The molecule has 1 aromatic carbocycles. The highest BCUT2D eigenvalue weighted by Gasteiger charge is 2.31. The molecule has 0 saturated carbocycles. The molecule has 158 valence electrons. The molecule has 2 atom stereocenters. The Balaban J connectivity index is 1.62. The van der Waals surface area contributed by atoms with Gasteiger partial charge in [0, 0.05) is 30.2 Å². The molecular weight excluding hydrogens is 394 g/mol. The van der Waals surface area contributed by atoms with E-state index in [9.17, 15) is 4.79 Å². The van der Waals surface area contributed by atoms with E-state index < -0.39 is 0 Å². The number of hydrogen-bond donors (Lipinski definition) is 2. The van der Waals surface area contributed by atoms with Gasteiger partial charge in [0.2, 0.25) is 0 Å². The fourth-order valence-electron chi connectivity index (χ4n) is 4.04. The van der Waals surface area contributed by atoms with Gasteiger partial charge in [0.15, 0.2) is 6.10 Å². The summed E-state index contributed by atoms with van der Waals surface area (Å²) in [6.45, 7) is 3.34. The number of amides is 1. The van der Waals surface area contributed by atoms with Crippen molar-refractivity contribution in [3.05, 3.63) is 60.3 Å². The van der Waals surface area contributed by atoms with Crippen molar-refractivity contribution in [1.29, 1.82) is 0 Å². The largest absolute Gasteiger partial charge is 0.482 e. The summed E-state index contributed by atoms with van der Waals surface area (Å²) in [5, 5.41) is 11.5. The number of hydrogen-bond acceptors (Lipinski definition) is 7. The van der Waals surface area contributed by atoms with Gasteiger partial charge in [-0.15, -0.1) is 0 Å². The second-order valence-electron chi connectivity index (χ2n) is 7.47. The Morgan fingerprint density at radius 1 is 1.32 bits per heavy atom. The first-order chi connectivity index (χ1) is 15.2. The van der Waals surface area contributed by atoms with Crippen molar-refractivity contribution < 1.29 is 9.53 Å². The number of nitrogens with zero attached hydrogens (tertiary/aromatic N) is 5. The van der Waals surface area contributed by atoms with Crippen molar-refractivity contribution in [2.45, 2.75) is 31.9 Å². The first-order valence-corrected chi connectivity index (χ1v) is 10.5. The van der Waals surface area contributed by atoms with E-state index in [1.807, 2.05) is 37.3 Å². The van der Waals surface area contributed by atoms with Crippen LogP contribution in [0.2, 0.25) is 0 Å². The summed E-state index contributed by atoms with van der Waals surface area (Å²) in [6.07, 6.45) is 4.89. The van der Waals surface area contributed by atoms with Crippen LogP contribution >= 0.6 is 0 Å². The van der Waals surface area contributed by atoms with Crippen LogP contribution in [0.5, 0.6) is 5.75 Å². The van der Waals surface area contributed by atoms with Crippen molar-refractivity contribution in [1.82, 2.24) is 35.2 Å². The van der Waals surface area contributed by atoms with Crippen LogP contribution < -0.4 is 15.4 Å². The van der Waals surface area contributed by atoms with Gasteiger partial charge in [0.1, 0.15) is 17.8 Å². The fraction of sp³-hybridized carbons (Fsp3) is 0.318. The Labute approximate surface area is 178 Å². The Bertz CT molecular complexity index is 1230. The molecular formula is C22H23N7O2. The summed E-state index contributed by atoms with van der Waals surface area (Å²) in [5.41, 5.74) is 1.89. The summed E-state index contributed by atoms with van der Waals surface area (Å²) >= 11 is 0. The van der Waals surface area contributed by atoms with Gasteiger partial charge >= 0.3 is 0 Å². The number of ether oxygens (including phenoxy) is 1. The molecule has 3 aromatic heterocycles. The van der Waals surface area contributed by atoms with Crippen molar-refractivity contribution in [2.24, 2.45) is 0 Å². The Morgan fingerprint density at radius 3 is 3.06 bits per heavy atom. The maximum absolute atomic E-state index is 12.5. The second kappa shape index (κ2) is 8.27. The second-order valence-corrected chi connectivity index (χ2v) is 7.47. The molecule has 31 heavy (non-hydrogen) atoms. The molecule has 9 nitrogen and oxygen atoms in total. The molecule has 1 aliphatic rings. The molecule has 5 rings (SSSR count). The normalized spacial score (nSPS) is 17.1. The van der Waals surface area contributed by atoms with E-state index in [1.165, 1.54) is 6.33 Å². The highest BCUT2D eigenvalue weighted by molar-refractivity contribution is 5.97. The predicted octanol–water partition coefficient (Wildman–Crippen LogP) is 2.29.